The Kier molecular flexibility index (Phi) is 3.86. The Bertz CT molecular complexity index is 829. The van der Waals surface area contributed by atoms with Crippen molar-refractivity contribution in [3.63, 3.8) is 0 Å². The second-order valence-electron chi connectivity index (χ2n) is 6.67. The van der Waals surface area contributed by atoms with E-state index in [1.54, 1.807) is 14.0 Å². The SMILES string of the molecule is COc1cc2c(cn1)N(c1nn(C)c3c1CN(C(C)=O)CC3)CCC2. The van der Waals surface area contributed by atoms with Crippen molar-refractivity contribution < 1.29 is 9.53 Å². The number of methoxy groups -OCH3 is 1. The van der Waals surface area contributed by atoms with E-state index >= 15 is 0 Å². The Balaban J connectivity index is 1.76. The fraction of sp³-hybridized carbons (Fsp3) is 0.500. The van der Waals surface area contributed by atoms with Crippen molar-refractivity contribution >= 4 is 17.4 Å². The maximum absolute atomic E-state index is 11.8. The fourth-order valence-electron chi connectivity index (χ4n) is 3.85. The number of aromatic nitrogens is 3. The molecule has 0 aliphatic carbocycles. The van der Waals surface area contributed by atoms with Gasteiger partial charge in [-0.25, -0.2) is 4.98 Å². The minimum Gasteiger partial charge on any atom is -0.481 e. The van der Waals surface area contributed by atoms with Gasteiger partial charge in [0.1, 0.15) is 0 Å². The van der Waals surface area contributed by atoms with Crippen LogP contribution in [-0.4, -0.2) is 45.8 Å². The molecular formula is C18H23N5O2. The quantitative estimate of drug-likeness (QED) is 0.834. The molecule has 0 fully saturated rings. The lowest BCUT2D eigenvalue weighted by molar-refractivity contribution is -0.129. The third-order valence-electron chi connectivity index (χ3n) is 5.19. The van der Waals surface area contributed by atoms with Gasteiger partial charge >= 0.3 is 0 Å². The highest BCUT2D eigenvalue weighted by Gasteiger charge is 2.30. The van der Waals surface area contributed by atoms with E-state index in [2.05, 4.69) is 9.88 Å². The van der Waals surface area contributed by atoms with Crippen molar-refractivity contribution in [1.82, 2.24) is 19.7 Å². The lowest BCUT2D eigenvalue weighted by Gasteiger charge is -2.32. The van der Waals surface area contributed by atoms with Crippen molar-refractivity contribution in [2.75, 3.05) is 25.1 Å². The van der Waals surface area contributed by atoms with Gasteiger partial charge in [-0.2, -0.15) is 5.10 Å². The maximum Gasteiger partial charge on any atom is 0.219 e. The second kappa shape index (κ2) is 6.06. The Morgan fingerprint density at radius 1 is 1.28 bits per heavy atom. The standard InChI is InChI=1S/C18H23N5O2/c1-12(24)22-8-6-15-14(11-22)18(20-21(15)2)23-7-4-5-13-9-17(25-3)19-10-16(13)23/h9-10H,4-8,11H2,1-3H3. The summed E-state index contributed by atoms with van der Waals surface area (Å²) in [7, 11) is 3.63. The molecule has 4 rings (SSSR count). The Hall–Kier alpha value is -2.57. The number of rotatable bonds is 2. The molecule has 0 aromatic carbocycles. The first-order valence-electron chi connectivity index (χ1n) is 8.69. The van der Waals surface area contributed by atoms with Crippen molar-refractivity contribution in [1.29, 1.82) is 0 Å². The second-order valence-corrected chi connectivity index (χ2v) is 6.67. The van der Waals surface area contributed by atoms with E-state index in [4.69, 9.17) is 9.84 Å². The average molecular weight is 341 g/mol. The van der Waals surface area contributed by atoms with Crippen LogP contribution >= 0.6 is 0 Å². The number of amides is 1. The molecule has 25 heavy (non-hydrogen) atoms. The van der Waals surface area contributed by atoms with Gasteiger partial charge in [0.15, 0.2) is 5.82 Å². The van der Waals surface area contributed by atoms with Crippen molar-refractivity contribution in [2.24, 2.45) is 7.05 Å². The number of hydrogen-bond donors (Lipinski definition) is 0. The van der Waals surface area contributed by atoms with Gasteiger partial charge in [0.25, 0.3) is 0 Å². The van der Waals surface area contributed by atoms with E-state index in [9.17, 15) is 4.79 Å². The van der Waals surface area contributed by atoms with E-state index in [0.717, 1.165) is 49.4 Å². The number of pyridine rings is 1. The summed E-state index contributed by atoms with van der Waals surface area (Å²) in [6, 6.07) is 2.01. The highest BCUT2D eigenvalue weighted by atomic mass is 16.5. The highest BCUT2D eigenvalue weighted by Crippen LogP contribution is 2.37. The number of carbonyl (C=O) groups is 1. The number of fused-ring (bicyclic) bond motifs is 2. The molecule has 2 aromatic rings. The fourth-order valence-corrected chi connectivity index (χ4v) is 3.85. The largest absolute Gasteiger partial charge is 0.481 e. The van der Waals surface area contributed by atoms with Crippen molar-refractivity contribution in [2.45, 2.75) is 32.7 Å². The topological polar surface area (TPSA) is 63.5 Å². The van der Waals surface area contributed by atoms with Crippen LogP contribution in [0.1, 0.15) is 30.2 Å². The number of nitrogens with zero attached hydrogens (tertiary/aromatic N) is 5. The summed E-state index contributed by atoms with van der Waals surface area (Å²) in [5.74, 6) is 1.72. The minimum atomic E-state index is 0.117. The average Bonchev–Trinajstić information content (AvgIpc) is 2.96. The van der Waals surface area contributed by atoms with Crippen LogP contribution in [0.5, 0.6) is 5.88 Å². The molecule has 2 aliphatic heterocycles. The third kappa shape index (κ3) is 2.63. The molecule has 0 saturated carbocycles. The number of ether oxygens (including phenoxy) is 1. The van der Waals surface area contributed by atoms with E-state index in [1.165, 1.54) is 11.3 Å². The molecule has 0 unspecified atom stereocenters. The van der Waals surface area contributed by atoms with Crippen LogP contribution in [0.3, 0.4) is 0 Å². The predicted octanol–water partition coefficient (Wildman–Crippen LogP) is 1.81. The Morgan fingerprint density at radius 3 is 2.88 bits per heavy atom. The summed E-state index contributed by atoms with van der Waals surface area (Å²) in [6.45, 7) is 3.93. The summed E-state index contributed by atoms with van der Waals surface area (Å²) < 4.78 is 7.23. The van der Waals surface area contributed by atoms with Gasteiger partial charge in [0.05, 0.1) is 25.5 Å². The van der Waals surface area contributed by atoms with E-state index in [1.807, 2.05) is 28.9 Å². The molecule has 4 heterocycles. The monoisotopic (exact) mass is 341 g/mol. The molecule has 0 radical (unpaired) electrons. The summed E-state index contributed by atoms with van der Waals surface area (Å²) in [6.07, 6.45) is 4.79. The zero-order valence-electron chi connectivity index (χ0n) is 14.9. The summed E-state index contributed by atoms with van der Waals surface area (Å²) in [5.41, 5.74) is 4.71. The molecule has 7 nitrogen and oxygen atoms in total. The van der Waals surface area contributed by atoms with Gasteiger partial charge in [0.2, 0.25) is 11.8 Å². The van der Waals surface area contributed by atoms with Crippen LogP contribution in [0.25, 0.3) is 0 Å². The maximum atomic E-state index is 11.8. The molecule has 132 valence electrons. The van der Waals surface area contributed by atoms with Gasteiger partial charge in [-0.05, 0) is 18.4 Å². The minimum absolute atomic E-state index is 0.117. The van der Waals surface area contributed by atoms with Crippen LogP contribution in [-0.2, 0) is 31.2 Å². The lowest BCUT2D eigenvalue weighted by atomic mass is 10.0. The van der Waals surface area contributed by atoms with Gasteiger partial charge in [-0.15, -0.1) is 0 Å². The summed E-state index contributed by atoms with van der Waals surface area (Å²) >= 11 is 0. The van der Waals surface area contributed by atoms with Crippen molar-refractivity contribution in [3.8, 4) is 5.88 Å². The van der Waals surface area contributed by atoms with Gasteiger partial charge in [-0.1, -0.05) is 0 Å². The number of aryl methyl sites for hydroxylation is 2. The zero-order valence-corrected chi connectivity index (χ0v) is 14.9. The molecular weight excluding hydrogens is 318 g/mol. The first kappa shape index (κ1) is 15.9. The number of anilines is 2. The molecule has 0 N–H and O–H groups in total. The first-order valence-corrected chi connectivity index (χ1v) is 8.69. The zero-order chi connectivity index (χ0) is 17.6. The number of carbonyl (C=O) groups excluding carboxylic acids is 1. The highest BCUT2D eigenvalue weighted by molar-refractivity contribution is 5.75. The summed E-state index contributed by atoms with van der Waals surface area (Å²) in [5, 5.41) is 4.80. The summed E-state index contributed by atoms with van der Waals surface area (Å²) in [4.78, 5) is 20.4. The van der Waals surface area contributed by atoms with E-state index in [0.29, 0.717) is 12.4 Å². The van der Waals surface area contributed by atoms with Crippen LogP contribution < -0.4 is 9.64 Å². The molecule has 7 heteroatoms. The van der Waals surface area contributed by atoms with E-state index in [-0.39, 0.29) is 5.91 Å². The molecule has 1 amide bonds. The molecule has 0 bridgehead atoms. The van der Waals surface area contributed by atoms with Gasteiger partial charge < -0.3 is 14.5 Å². The smallest absolute Gasteiger partial charge is 0.219 e. The van der Waals surface area contributed by atoms with Gasteiger partial charge in [0, 0.05) is 50.8 Å². The Morgan fingerprint density at radius 2 is 2.12 bits per heavy atom. The number of hydrogen-bond acceptors (Lipinski definition) is 5. The normalized spacial score (nSPS) is 16.4. The van der Waals surface area contributed by atoms with E-state index < -0.39 is 0 Å². The molecule has 2 aliphatic rings. The predicted molar refractivity (Wildman–Crippen MR) is 94.1 cm³/mol. The van der Waals surface area contributed by atoms with Crippen LogP contribution in [0.4, 0.5) is 11.5 Å². The molecule has 2 aromatic heterocycles. The van der Waals surface area contributed by atoms with Crippen molar-refractivity contribution in [3.05, 3.63) is 29.1 Å². The molecule has 0 saturated heterocycles. The lowest BCUT2D eigenvalue weighted by Crippen LogP contribution is -2.35. The van der Waals surface area contributed by atoms with Crippen LogP contribution in [0, 0.1) is 0 Å². The first-order chi connectivity index (χ1) is 12.1. The molecule has 0 spiro atoms. The Labute approximate surface area is 147 Å². The van der Waals surface area contributed by atoms with Gasteiger partial charge in [-0.3, -0.25) is 9.48 Å². The van der Waals surface area contributed by atoms with Crippen LogP contribution in [0.2, 0.25) is 0 Å². The third-order valence-corrected chi connectivity index (χ3v) is 5.19. The molecule has 0 atom stereocenters. The van der Waals surface area contributed by atoms with Crippen LogP contribution in [0.15, 0.2) is 12.3 Å².